The zero-order valence-electron chi connectivity index (χ0n) is 9.54. The Bertz CT molecular complexity index is 239. The molecule has 0 amide bonds. The molecule has 0 aromatic heterocycles. The van der Waals surface area contributed by atoms with Gasteiger partial charge in [-0.3, -0.25) is 0 Å². The molecule has 0 bridgehead atoms. The van der Waals surface area contributed by atoms with Crippen LogP contribution in [0.2, 0.25) is 0 Å². The highest BCUT2D eigenvalue weighted by atomic mass is 35.7. The molecule has 0 rings (SSSR count). The van der Waals surface area contributed by atoms with Crippen LogP contribution >= 0.6 is 10.7 Å². The summed E-state index contributed by atoms with van der Waals surface area (Å²) in [4.78, 5) is 0. The minimum absolute atomic E-state index is 0.0441. The zero-order chi connectivity index (χ0) is 11.7. The molecule has 0 spiro atoms. The molecule has 0 radical (unpaired) electrons. The van der Waals surface area contributed by atoms with Gasteiger partial charge in [-0.1, -0.05) is 20.3 Å². The lowest BCUT2D eigenvalue weighted by atomic mass is 10.1. The summed E-state index contributed by atoms with van der Waals surface area (Å²) in [6.07, 6.45) is 3.68. The molecule has 0 aromatic rings. The molecule has 0 aliphatic heterocycles. The number of unbranched alkanes of at least 4 members (excludes halogenated alkanes) is 1. The second-order valence-corrected chi connectivity index (χ2v) is 6.82. The molecule has 5 heteroatoms. The molecule has 3 nitrogen and oxygen atoms in total. The predicted molar refractivity (Wildman–Crippen MR) is 63.8 cm³/mol. The quantitative estimate of drug-likeness (QED) is 0.471. The zero-order valence-corrected chi connectivity index (χ0v) is 11.1. The fourth-order valence-corrected chi connectivity index (χ4v) is 2.22. The Morgan fingerprint density at radius 2 is 2.00 bits per heavy atom. The maximum absolute atomic E-state index is 10.6. The van der Waals surface area contributed by atoms with Crippen molar-refractivity contribution in [2.75, 3.05) is 19.0 Å². The average molecular weight is 257 g/mol. The molecule has 0 fully saturated rings. The van der Waals surface area contributed by atoms with Crippen LogP contribution in [0.1, 0.15) is 39.5 Å². The highest BCUT2D eigenvalue weighted by Crippen LogP contribution is 2.06. The van der Waals surface area contributed by atoms with Crippen LogP contribution in [0.4, 0.5) is 0 Å². The molecule has 0 aliphatic carbocycles. The van der Waals surface area contributed by atoms with Crippen LogP contribution in [-0.2, 0) is 13.8 Å². The second-order valence-electron chi connectivity index (χ2n) is 3.92. The fourth-order valence-electron chi connectivity index (χ4n) is 1.34. The first-order valence-corrected chi connectivity index (χ1v) is 7.93. The Morgan fingerprint density at radius 1 is 1.33 bits per heavy atom. The van der Waals surface area contributed by atoms with E-state index in [0.29, 0.717) is 18.9 Å². The third-order valence-electron chi connectivity index (χ3n) is 2.11. The van der Waals surface area contributed by atoms with Crippen LogP contribution < -0.4 is 0 Å². The molecule has 1 unspecified atom stereocenters. The lowest BCUT2D eigenvalue weighted by Gasteiger charge is -2.10. The number of hydrogen-bond donors (Lipinski definition) is 0. The first kappa shape index (κ1) is 15.2. The van der Waals surface area contributed by atoms with Gasteiger partial charge in [0, 0.05) is 23.9 Å². The van der Waals surface area contributed by atoms with Gasteiger partial charge in [-0.05, 0) is 25.2 Å². The van der Waals surface area contributed by atoms with E-state index >= 15 is 0 Å². The van der Waals surface area contributed by atoms with E-state index in [1.807, 2.05) is 0 Å². The summed E-state index contributed by atoms with van der Waals surface area (Å²) in [5.74, 6) is 0.634. The van der Waals surface area contributed by atoms with Gasteiger partial charge in [0.05, 0.1) is 5.75 Å². The smallest absolute Gasteiger partial charge is 0.232 e. The molecule has 0 N–H and O–H groups in total. The molecule has 1 atom stereocenters. The van der Waals surface area contributed by atoms with Crippen LogP contribution in [-0.4, -0.2) is 27.4 Å². The van der Waals surface area contributed by atoms with Crippen LogP contribution in [0.25, 0.3) is 0 Å². The SMILES string of the molecule is CCCC(C)COCCCCS(=O)(=O)Cl. The first-order chi connectivity index (χ1) is 6.95. The van der Waals surface area contributed by atoms with Gasteiger partial charge in [0.2, 0.25) is 9.05 Å². The Balaban J connectivity index is 3.25. The summed E-state index contributed by atoms with van der Waals surface area (Å²) < 4.78 is 26.6. The van der Waals surface area contributed by atoms with E-state index in [9.17, 15) is 8.42 Å². The van der Waals surface area contributed by atoms with Gasteiger partial charge in [0.15, 0.2) is 0 Å². The molecule has 0 heterocycles. The van der Waals surface area contributed by atoms with Crippen molar-refractivity contribution in [1.82, 2.24) is 0 Å². The summed E-state index contributed by atoms with van der Waals surface area (Å²) >= 11 is 0. The lowest BCUT2D eigenvalue weighted by molar-refractivity contribution is 0.0995. The molecule has 15 heavy (non-hydrogen) atoms. The minimum Gasteiger partial charge on any atom is -0.381 e. The van der Waals surface area contributed by atoms with Crippen molar-refractivity contribution in [3.05, 3.63) is 0 Å². The number of rotatable bonds is 9. The maximum atomic E-state index is 10.6. The van der Waals surface area contributed by atoms with Gasteiger partial charge in [0.1, 0.15) is 0 Å². The molecular formula is C10H21ClO3S. The number of halogens is 1. The number of ether oxygens (including phenoxy) is 1. The van der Waals surface area contributed by atoms with Gasteiger partial charge in [-0.2, -0.15) is 0 Å². The summed E-state index contributed by atoms with van der Waals surface area (Å²) in [7, 11) is 1.75. The monoisotopic (exact) mass is 256 g/mol. The van der Waals surface area contributed by atoms with Crippen molar-refractivity contribution in [2.24, 2.45) is 5.92 Å². The fraction of sp³-hybridized carbons (Fsp3) is 1.00. The van der Waals surface area contributed by atoms with Crippen molar-refractivity contribution >= 4 is 19.7 Å². The van der Waals surface area contributed by atoms with Crippen molar-refractivity contribution in [2.45, 2.75) is 39.5 Å². The van der Waals surface area contributed by atoms with Crippen LogP contribution in [0.5, 0.6) is 0 Å². The van der Waals surface area contributed by atoms with Crippen molar-refractivity contribution in [3.63, 3.8) is 0 Å². The molecule has 92 valence electrons. The van der Waals surface area contributed by atoms with E-state index in [4.69, 9.17) is 15.4 Å². The Kier molecular flexibility index (Phi) is 8.47. The van der Waals surface area contributed by atoms with Crippen molar-refractivity contribution in [3.8, 4) is 0 Å². The molecule has 0 saturated heterocycles. The van der Waals surface area contributed by atoms with Gasteiger partial charge >= 0.3 is 0 Å². The molecule has 0 aromatic carbocycles. The summed E-state index contributed by atoms with van der Waals surface area (Å²) in [5, 5.41) is 0. The van der Waals surface area contributed by atoms with E-state index < -0.39 is 9.05 Å². The van der Waals surface area contributed by atoms with Gasteiger partial charge in [-0.15, -0.1) is 0 Å². The van der Waals surface area contributed by atoms with E-state index in [2.05, 4.69) is 13.8 Å². The normalized spacial score (nSPS) is 14.1. The highest BCUT2D eigenvalue weighted by Gasteiger charge is 2.04. The third-order valence-corrected chi connectivity index (χ3v) is 3.35. The van der Waals surface area contributed by atoms with E-state index in [1.54, 1.807) is 0 Å². The van der Waals surface area contributed by atoms with Gasteiger partial charge in [-0.25, -0.2) is 8.42 Å². The maximum Gasteiger partial charge on any atom is 0.232 e. The standard InChI is InChI=1S/C10H21ClO3S/c1-3-6-10(2)9-14-7-4-5-8-15(11,12)13/h10H,3-9H2,1-2H3. The largest absolute Gasteiger partial charge is 0.381 e. The lowest BCUT2D eigenvalue weighted by Crippen LogP contribution is -2.07. The predicted octanol–water partition coefficient (Wildman–Crippen LogP) is 2.79. The molecular weight excluding hydrogens is 236 g/mol. The highest BCUT2D eigenvalue weighted by molar-refractivity contribution is 8.13. The van der Waals surface area contributed by atoms with Crippen molar-refractivity contribution < 1.29 is 13.2 Å². The Hall–Kier alpha value is 0.200. The van der Waals surface area contributed by atoms with Crippen molar-refractivity contribution in [1.29, 1.82) is 0 Å². The number of hydrogen-bond acceptors (Lipinski definition) is 3. The third kappa shape index (κ3) is 12.1. The Labute approximate surface area is 97.6 Å². The van der Waals surface area contributed by atoms with Gasteiger partial charge in [0.25, 0.3) is 0 Å². The van der Waals surface area contributed by atoms with Crippen LogP contribution in [0, 0.1) is 5.92 Å². The molecule has 0 saturated carbocycles. The van der Waals surface area contributed by atoms with E-state index in [-0.39, 0.29) is 5.75 Å². The summed E-state index contributed by atoms with van der Waals surface area (Å²) in [6.45, 7) is 5.70. The summed E-state index contributed by atoms with van der Waals surface area (Å²) in [5.41, 5.74) is 0. The van der Waals surface area contributed by atoms with E-state index in [1.165, 1.54) is 12.8 Å². The molecule has 0 aliphatic rings. The Morgan fingerprint density at radius 3 is 2.53 bits per heavy atom. The second kappa shape index (κ2) is 8.36. The minimum atomic E-state index is -3.32. The first-order valence-electron chi connectivity index (χ1n) is 5.45. The van der Waals surface area contributed by atoms with E-state index in [0.717, 1.165) is 13.0 Å². The van der Waals surface area contributed by atoms with Crippen LogP contribution in [0.3, 0.4) is 0 Å². The average Bonchev–Trinajstić information content (AvgIpc) is 2.09. The topological polar surface area (TPSA) is 43.4 Å². The van der Waals surface area contributed by atoms with Crippen LogP contribution in [0.15, 0.2) is 0 Å². The van der Waals surface area contributed by atoms with Gasteiger partial charge < -0.3 is 4.74 Å². The summed E-state index contributed by atoms with van der Waals surface area (Å²) in [6, 6.07) is 0.